The quantitative estimate of drug-likeness (QED) is 0.354. The number of terminal acetylenes is 1. The molecule has 2 aromatic rings. The molecule has 0 aliphatic heterocycles. The van der Waals surface area contributed by atoms with Gasteiger partial charge in [-0.15, -0.1) is 6.42 Å². The highest BCUT2D eigenvalue weighted by molar-refractivity contribution is 7.91. The molecule has 13 heteroatoms. The third-order valence-corrected chi connectivity index (χ3v) is 6.49. The summed E-state index contributed by atoms with van der Waals surface area (Å²) in [6.45, 7) is -0.296. The molecule has 0 aliphatic rings. The zero-order chi connectivity index (χ0) is 21.8. The molecule has 0 N–H and O–H groups in total. The number of carbonyl (C=O) groups is 1. The van der Waals surface area contributed by atoms with E-state index in [4.69, 9.17) is 18.0 Å². The van der Waals surface area contributed by atoms with E-state index in [0.717, 1.165) is 16.2 Å². The Morgan fingerprint density at radius 3 is 2.72 bits per heavy atom. The SMILES string of the molecule is C#CCN(C(=O)CCS(=O)(=O)CC(F)(F)F)c1sc(-c2ccc[n+]([O-])c2)nc1Cl. The van der Waals surface area contributed by atoms with Crippen LogP contribution in [0, 0.1) is 17.6 Å². The summed E-state index contributed by atoms with van der Waals surface area (Å²) in [7, 11) is -4.52. The van der Waals surface area contributed by atoms with Crippen molar-refractivity contribution in [2.24, 2.45) is 0 Å². The summed E-state index contributed by atoms with van der Waals surface area (Å²) >= 11 is 7.00. The maximum atomic E-state index is 12.4. The molecule has 0 radical (unpaired) electrons. The van der Waals surface area contributed by atoms with Crippen LogP contribution in [0.3, 0.4) is 0 Å². The van der Waals surface area contributed by atoms with Crippen LogP contribution < -0.4 is 9.63 Å². The van der Waals surface area contributed by atoms with Crippen LogP contribution in [-0.2, 0) is 14.6 Å². The molecule has 0 aromatic carbocycles. The highest BCUT2D eigenvalue weighted by Crippen LogP contribution is 2.37. The summed E-state index contributed by atoms with van der Waals surface area (Å²) in [4.78, 5) is 17.5. The van der Waals surface area contributed by atoms with E-state index in [1.54, 1.807) is 6.07 Å². The lowest BCUT2D eigenvalue weighted by Crippen LogP contribution is -2.33. The van der Waals surface area contributed by atoms with Crippen LogP contribution >= 0.6 is 22.9 Å². The van der Waals surface area contributed by atoms with Gasteiger partial charge >= 0.3 is 6.18 Å². The number of hydrogen-bond donors (Lipinski definition) is 0. The van der Waals surface area contributed by atoms with Gasteiger partial charge in [0.1, 0.15) is 15.8 Å². The van der Waals surface area contributed by atoms with Crippen LogP contribution in [0.25, 0.3) is 10.6 Å². The lowest BCUT2D eigenvalue weighted by Gasteiger charge is -2.18. The van der Waals surface area contributed by atoms with Crippen molar-refractivity contribution in [1.29, 1.82) is 0 Å². The second-order valence-corrected chi connectivity index (χ2v) is 9.23. The molecule has 0 bridgehead atoms. The maximum absolute atomic E-state index is 12.4. The lowest BCUT2D eigenvalue weighted by molar-refractivity contribution is -0.604. The summed E-state index contributed by atoms with van der Waals surface area (Å²) in [5, 5.41) is 11.7. The van der Waals surface area contributed by atoms with Gasteiger partial charge in [-0.05, 0) is 6.07 Å². The first-order chi connectivity index (χ1) is 13.4. The van der Waals surface area contributed by atoms with Crippen LogP contribution in [0.5, 0.6) is 0 Å². The van der Waals surface area contributed by atoms with Crippen molar-refractivity contribution in [2.45, 2.75) is 12.6 Å². The molecule has 0 fully saturated rings. The van der Waals surface area contributed by atoms with Gasteiger partial charge in [-0.1, -0.05) is 28.9 Å². The lowest BCUT2D eigenvalue weighted by atomic mass is 10.3. The molecule has 156 valence electrons. The largest absolute Gasteiger partial charge is 0.619 e. The molecule has 1 amide bonds. The minimum absolute atomic E-state index is 0.0964. The average Bonchev–Trinajstić information content (AvgIpc) is 2.97. The number of rotatable bonds is 7. The molecule has 0 aliphatic carbocycles. The highest BCUT2D eigenvalue weighted by atomic mass is 35.5. The van der Waals surface area contributed by atoms with Crippen molar-refractivity contribution in [3.05, 3.63) is 34.9 Å². The first kappa shape index (κ1) is 22.9. The molecule has 0 atom stereocenters. The smallest absolute Gasteiger partial charge is 0.402 e. The standard InChI is InChI=1S/C16H13ClF3N3O4S2/c1-2-6-23(12(24)5-8-29(26,27)10-16(18,19)20)15-13(17)21-14(28-15)11-4-3-7-22(25)9-11/h1,3-4,7,9H,5-6,8,10H2. The summed E-state index contributed by atoms with van der Waals surface area (Å²) in [6, 6.07) is 3.07. The Morgan fingerprint density at radius 2 is 2.14 bits per heavy atom. The monoisotopic (exact) mass is 467 g/mol. The van der Waals surface area contributed by atoms with E-state index < -0.39 is 39.8 Å². The Morgan fingerprint density at radius 1 is 1.45 bits per heavy atom. The first-order valence-electron chi connectivity index (χ1n) is 7.78. The highest BCUT2D eigenvalue weighted by Gasteiger charge is 2.35. The van der Waals surface area contributed by atoms with E-state index in [-0.39, 0.29) is 16.7 Å². The van der Waals surface area contributed by atoms with Crippen molar-refractivity contribution in [3.63, 3.8) is 0 Å². The van der Waals surface area contributed by atoms with Crippen molar-refractivity contribution in [3.8, 4) is 22.9 Å². The molecule has 0 unspecified atom stereocenters. The number of alkyl halides is 3. The number of anilines is 1. The number of pyridine rings is 1. The zero-order valence-corrected chi connectivity index (χ0v) is 16.9. The Kier molecular flexibility index (Phi) is 7.10. The summed E-state index contributed by atoms with van der Waals surface area (Å²) in [5.41, 5.74) is 0.418. The molecule has 7 nitrogen and oxygen atoms in total. The van der Waals surface area contributed by atoms with Crippen molar-refractivity contribution in [1.82, 2.24) is 4.98 Å². The number of aromatic nitrogens is 2. The predicted molar refractivity (Wildman–Crippen MR) is 102 cm³/mol. The van der Waals surface area contributed by atoms with Crippen molar-refractivity contribution >= 4 is 43.7 Å². The number of sulfone groups is 1. The van der Waals surface area contributed by atoms with Gasteiger partial charge < -0.3 is 5.21 Å². The number of nitrogens with zero attached hydrogens (tertiary/aromatic N) is 3. The zero-order valence-electron chi connectivity index (χ0n) is 14.5. The molecule has 29 heavy (non-hydrogen) atoms. The second-order valence-electron chi connectivity index (χ2n) is 5.71. The average molecular weight is 468 g/mol. The number of carbonyl (C=O) groups excluding carboxylic acids is 1. The molecule has 0 spiro atoms. The predicted octanol–water partition coefficient (Wildman–Crippen LogP) is 2.43. The van der Waals surface area contributed by atoms with E-state index in [1.165, 1.54) is 18.5 Å². The Hall–Kier alpha value is -2.36. The third-order valence-electron chi connectivity index (χ3n) is 3.40. The molecule has 0 saturated carbocycles. The number of thiazole rings is 1. The Labute approximate surface area is 173 Å². The van der Waals surface area contributed by atoms with Crippen molar-refractivity contribution in [2.75, 3.05) is 23.0 Å². The molecule has 2 aromatic heterocycles. The number of hydrogen-bond acceptors (Lipinski definition) is 6. The number of halogens is 4. The molecular formula is C16H13ClF3N3O4S2. The fourth-order valence-electron chi connectivity index (χ4n) is 2.23. The second kappa shape index (κ2) is 8.98. The fourth-order valence-corrected chi connectivity index (χ4v) is 4.67. The van der Waals surface area contributed by atoms with Gasteiger partial charge in [0.05, 0.1) is 17.9 Å². The minimum atomic E-state index is -4.90. The number of amides is 1. The molecule has 0 saturated heterocycles. The summed E-state index contributed by atoms with van der Waals surface area (Å²) in [5.74, 6) is -1.62. The van der Waals surface area contributed by atoms with Gasteiger partial charge in [0.15, 0.2) is 27.4 Å². The Balaban J connectivity index is 2.23. The first-order valence-corrected chi connectivity index (χ1v) is 10.8. The van der Waals surface area contributed by atoms with E-state index in [2.05, 4.69) is 10.9 Å². The van der Waals surface area contributed by atoms with E-state index >= 15 is 0 Å². The van der Waals surface area contributed by atoms with Crippen LogP contribution in [0.4, 0.5) is 18.2 Å². The topological polar surface area (TPSA) is 94.3 Å². The maximum Gasteiger partial charge on any atom is 0.402 e. The molecule has 2 heterocycles. The normalized spacial score (nSPS) is 11.8. The van der Waals surface area contributed by atoms with Gasteiger partial charge in [0.2, 0.25) is 5.91 Å². The van der Waals surface area contributed by atoms with Gasteiger partial charge in [-0.2, -0.15) is 17.9 Å². The minimum Gasteiger partial charge on any atom is -0.619 e. The van der Waals surface area contributed by atoms with Gasteiger partial charge in [-0.3, -0.25) is 9.69 Å². The van der Waals surface area contributed by atoms with Gasteiger partial charge in [-0.25, -0.2) is 13.4 Å². The van der Waals surface area contributed by atoms with Gasteiger partial charge in [0, 0.05) is 12.5 Å². The molecular weight excluding hydrogens is 455 g/mol. The fraction of sp³-hybridized carbons (Fsp3) is 0.312. The summed E-state index contributed by atoms with van der Waals surface area (Å²) in [6.07, 6.45) is 2.12. The van der Waals surface area contributed by atoms with Crippen LogP contribution in [0.15, 0.2) is 24.5 Å². The van der Waals surface area contributed by atoms with Crippen molar-refractivity contribution < 1.29 is 31.1 Å². The van der Waals surface area contributed by atoms with Gasteiger partial charge in [0.25, 0.3) is 0 Å². The molecule has 2 rings (SSSR count). The van der Waals surface area contributed by atoms with E-state index in [0.29, 0.717) is 15.3 Å². The van der Waals surface area contributed by atoms with E-state index in [9.17, 15) is 31.6 Å². The summed E-state index contributed by atoms with van der Waals surface area (Å²) < 4.78 is 60.6. The van der Waals surface area contributed by atoms with Crippen LogP contribution in [0.2, 0.25) is 5.15 Å². The Bertz CT molecular complexity index is 1050. The third kappa shape index (κ3) is 6.59. The van der Waals surface area contributed by atoms with Crippen LogP contribution in [-0.4, -0.2) is 43.5 Å². The van der Waals surface area contributed by atoms with Crippen LogP contribution in [0.1, 0.15) is 6.42 Å². The van der Waals surface area contributed by atoms with E-state index in [1.807, 2.05) is 0 Å².